The van der Waals surface area contributed by atoms with Crippen molar-refractivity contribution < 1.29 is 9.18 Å². The van der Waals surface area contributed by atoms with Crippen molar-refractivity contribution in [3.63, 3.8) is 0 Å². The van der Waals surface area contributed by atoms with E-state index < -0.39 is 11.7 Å². The number of aromatic nitrogens is 1. The van der Waals surface area contributed by atoms with Crippen LogP contribution >= 0.6 is 39.5 Å². The second-order valence-electron chi connectivity index (χ2n) is 6.10. The predicted molar refractivity (Wildman–Crippen MR) is 123 cm³/mol. The molecule has 0 aliphatic heterocycles. The number of thiazole rings is 1. The van der Waals surface area contributed by atoms with Crippen molar-refractivity contribution in [2.75, 3.05) is 5.32 Å². The van der Waals surface area contributed by atoms with Gasteiger partial charge in [0.15, 0.2) is 5.11 Å². The lowest BCUT2D eigenvalue weighted by Crippen LogP contribution is -2.34. The van der Waals surface area contributed by atoms with Gasteiger partial charge < -0.3 is 5.32 Å². The Bertz CT molecular complexity index is 1210. The van der Waals surface area contributed by atoms with Crippen LogP contribution in [0.2, 0.25) is 0 Å². The van der Waals surface area contributed by atoms with Crippen LogP contribution in [0.25, 0.3) is 20.8 Å². The summed E-state index contributed by atoms with van der Waals surface area (Å²) in [6.07, 6.45) is 0. The molecule has 4 nitrogen and oxygen atoms in total. The minimum absolute atomic E-state index is 0.115. The fourth-order valence-corrected chi connectivity index (χ4v) is 4.31. The third-order valence-electron chi connectivity index (χ3n) is 4.07. The molecule has 3 aromatic carbocycles. The highest BCUT2D eigenvalue weighted by Gasteiger charge is 2.14. The number of amides is 1. The van der Waals surface area contributed by atoms with Gasteiger partial charge in [-0.05, 0) is 60.7 Å². The molecule has 4 rings (SSSR count). The predicted octanol–water partition coefficient (Wildman–Crippen LogP) is 5.99. The summed E-state index contributed by atoms with van der Waals surface area (Å²) in [6, 6.07) is 19.0. The van der Waals surface area contributed by atoms with Crippen LogP contribution in [-0.2, 0) is 0 Å². The van der Waals surface area contributed by atoms with E-state index in [1.165, 1.54) is 18.2 Å². The van der Waals surface area contributed by atoms with Crippen molar-refractivity contribution in [1.29, 1.82) is 0 Å². The van der Waals surface area contributed by atoms with Crippen LogP contribution in [0.3, 0.4) is 0 Å². The average Bonchev–Trinajstić information content (AvgIpc) is 3.13. The molecule has 4 aromatic rings. The number of nitrogens with one attached hydrogen (secondary N) is 2. The van der Waals surface area contributed by atoms with E-state index in [0.717, 1.165) is 31.3 Å². The van der Waals surface area contributed by atoms with Gasteiger partial charge in [-0.25, -0.2) is 9.37 Å². The molecule has 8 heteroatoms. The van der Waals surface area contributed by atoms with Crippen molar-refractivity contribution in [3.05, 3.63) is 82.6 Å². The molecule has 0 spiro atoms. The van der Waals surface area contributed by atoms with Gasteiger partial charge in [0.25, 0.3) is 5.91 Å². The largest absolute Gasteiger partial charge is 0.332 e. The number of fused-ring (bicyclic) bond motifs is 1. The third-order valence-corrected chi connectivity index (χ3v) is 5.84. The van der Waals surface area contributed by atoms with Gasteiger partial charge in [0, 0.05) is 15.6 Å². The number of carbonyl (C=O) groups excluding carboxylic acids is 1. The standard InChI is InChI=1S/C21H13BrFN3OS2/c22-13-8-9-16(15(11-13)20-24-17-6-1-2-7-18(17)29-20)25-21(28)26-19(27)12-4-3-5-14(23)10-12/h1-11H,(H2,25,26,27,28). The molecular weight excluding hydrogens is 473 g/mol. The smallest absolute Gasteiger partial charge is 0.257 e. The minimum Gasteiger partial charge on any atom is -0.332 e. The van der Waals surface area contributed by atoms with Crippen LogP contribution in [0.4, 0.5) is 10.1 Å². The van der Waals surface area contributed by atoms with Gasteiger partial charge in [-0.15, -0.1) is 11.3 Å². The summed E-state index contributed by atoms with van der Waals surface area (Å²) < 4.78 is 15.3. The SMILES string of the molecule is O=C(NC(=S)Nc1ccc(Br)cc1-c1nc2ccccc2s1)c1cccc(F)c1. The van der Waals surface area contributed by atoms with Crippen molar-refractivity contribution in [2.24, 2.45) is 0 Å². The maximum Gasteiger partial charge on any atom is 0.257 e. The number of halogens is 2. The lowest BCUT2D eigenvalue weighted by Gasteiger charge is -2.13. The first-order valence-electron chi connectivity index (χ1n) is 8.53. The number of para-hydroxylation sites is 1. The third kappa shape index (κ3) is 4.50. The maximum absolute atomic E-state index is 13.3. The van der Waals surface area contributed by atoms with Gasteiger partial charge in [0.1, 0.15) is 10.8 Å². The number of hydrogen-bond donors (Lipinski definition) is 2. The zero-order chi connectivity index (χ0) is 20.4. The Morgan fingerprint density at radius 3 is 2.69 bits per heavy atom. The number of benzene rings is 3. The first-order chi connectivity index (χ1) is 14.0. The highest BCUT2D eigenvalue weighted by molar-refractivity contribution is 9.10. The van der Waals surface area contributed by atoms with E-state index in [-0.39, 0.29) is 10.7 Å². The van der Waals surface area contributed by atoms with Crippen molar-refractivity contribution in [2.45, 2.75) is 0 Å². The number of rotatable bonds is 3. The number of carbonyl (C=O) groups is 1. The lowest BCUT2D eigenvalue weighted by atomic mass is 10.2. The zero-order valence-electron chi connectivity index (χ0n) is 14.8. The summed E-state index contributed by atoms with van der Waals surface area (Å²) >= 11 is 10.3. The highest BCUT2D eigenvalue weighted by Crippen LogP contribution is 2.36. The van der Waals surface area contributed by atoms with Crippen LogP contribution in [-0.4, -0.2) is 16.0 Å². The van der Waals surface area contributed by atoms with Gasteiger partial charge in [-0.2, -0.15) is 0 Å². The Hall–Kier alpha value is -2.68. The van der Waals surface area contributed by atoms with Gasteiger partial charge in [0.05, 0.1) is 15.9 Å². The van der Waals surface area contributed by atoms with E-state index in [4.69, 9.17) is 17.2 Å². The molecular formula is C21H13BrFN3OS2. The van der Waals surface area contributed by atoms with Gasteiger partial charge in [-0.1, -0.05) is 34.1 Å². The molecule has 0 saturated heterocycles. The summed E-state index contributed by atoms with van der Waals surface area (Å²) in [5, 5.41) is 6.57. The Morgan fingerprint density at radius 2 is 1.90 bits per heavy atom. The quantitative estimate of drug-likeness (QED) is 0.349. The average molecular weight is 486 g/mol. The van der Waals surface area contributed by atoms with E-state index in [9.17, 15) is 9.18 Å². The second kappa shape index (κ2) is 8.36. The molecule has 1 aromatic heterocycles. The number of hydrogen-bond acceptors (Lipinski definition) is 4. The van der Waals surface area contributed by atoms with E-state index in [1.807, 2.05) is 42.5 Å². The molecule has 1 amide bonds. The summed E-state index contributed by atoms with van der Waals surface area (Å²) in [5.74, 6) is -0.969. The van der Waals surface area contributed by atoms with E-state index in [0.29, 0.717) is 5.69 Å². The van der Waals surface area contributed by atoms with Gasteiger partial charge in [0.2, 0.25) is 0 Å². The molecule has 1 heterocycles. The van der Waals surface area contributed by atoms with Crippen molar-refractivity contribution in [1.82, 2.24) is 10.3 Å². The molecule has 0 radical (unpaired) electrons. The van der Waals surface area contributed by atoms with Crippen LogP contribution in [0.15, 0.2) is 71.2 Å². The second-order valence-corrected chi connectivity index (χ2v) is 8.45. The Kier molecular flexibility index (Phi) is 5.66. The van der Waals surface area contributed by atoms with Crippen LogP contribution in [0.5, 0.6) is 0 Å². The topological polar surface area (TPSA) is 54.0 Å². The Labute approximate surface area is 183 Å². The van der Waals surface area contributed by atoms with Crippen LogP contribution < -0.4 is 10.6 Å². The number of thiocarbonyl (C=S) groups is 1. The molecule has 2 N–H and O–H groups in total. The zero-order valence-corrected chi connectivity index (χ0v) is 18.0. The van der Waals surface area contributed by atoms with Gasteiger partial charge >= 0.3 is 0 Å². The number of anilines is 1. The maximum atomic E-state index is 13.3. The van der Waals surface area contributed by atoms with Crippen molar-refractivity contribution in [3.8, 4) is 10.6 Å². The summed E-state index contributed by atoms with van der Waals surface area (Å²) in [7, 11) is 0. The lowest BCUT2D eigenvalue weighted by molar-refractivity contribution is 0.0977. The fraction of sp³-hybridized carbons (Fsp3) is 0. The summed E-state index contributed by atoms with van der Waals surface area (Å²) in [6.45, 7) is 0. The summed E-state index contributed by atoms with van der Waals surface area (Å²) in [5.41, 5.74) is 2.66. The molecule has 29 heavy (non-hydrogen) atoms. The van der Waals surface area contributed by atoms with E-state index in [2.05, 4.69) is 26.6 Å². The van der Waals surface area contributed by atoms with Gasteiger partial charge in [-0.3, -0.25) is 10.1 Å². The fourth-order valence-electron chi connectivity index (χ4n) is 2.75. The van der Waals surface area contributed by atoms with Crippen molar-refractivity contribution >= 4 is 66.4 Å². The van der Waals surface area contributed by atoms with Crippen LogP contribution in [0, 0.1) is 5.82 Å². The molecule has 144 valence electrons. The number of nitrogens with zero attached hydrogens (tertiary/aromatic N) is 1. The molecule has 0 aliphatic rings. The first kappa shape index (κ1) is 19.6. The normalized spacial score (nSPS) is 10.7. The molecule has 0 bridgehead atoms. The van der Waals surface area contributed by atoms with E-state index in [1.54, 1.807) is 11.3 Å². The minimum atomic E-state index is -0.486. The van der Waals surface area contributed by atoms with Crippen LogP contribution in [0.1, 0.15) is 10.4 Å². The molecule has 0 saturated carbocycles. The summed E-state index contributed by atoms with van der Waals surface area (Å²) in [4.78, 5) is 17.0. The first-order valence-corrected chi connectivity index (χ1v) is 10.5. The molecule has 0 aliphatic carbocycles. The Balaban J connectivity index is 1.59. The Morgan fingerprint density at radius 1 is 1.07 bits per heavy atom. The highest BCUT2D eigenvalue weighted by atomic mass is 79.9. The molecule has 0 atom stereocenters. The van der Waals surface area contributed by atoms with E-state index >= 15 is 0 Å². The molecule has 0 unspecified atom stereocenters. The molecule has 0 fully saturated rings. The monoisotopic (exact) mass is 485 g/mol.